The van der Waals surface area contributed by atoms with Crippen molar-refractivity contribution < 1.29 is 80.2 Å². The molecule has 0 aromatic rings. The molecule has 0 aromatic heterocycles. The molecule has 0 aromatic carbocycles. The van der Waals surface area contributed by atoms with E-state index < -0.39 is 97.5 Å². The first-order valence-corrected chi connectivity index (χ1v) is 46.3. The summed E-state index contributed by atoms with van der Waals surface area (Å²) in [5, 5.41) is 10.6. The smallest absolute Gasteiger partial charge is 0.462 e. The second-order valence-corrected chi connectivity index (χ2v) is 32.8. The Morgan fingerprint density at radius 1 is 0.235 bits per heavy atom. The SMILES string of the molecule is CCCCCCCCCCCCCCCCCCCCCCCC(=O)O[C@H](COC(=O)CCCCCCCCCCCCCCCCCCCC)COP(=O)(O)OC[C@@H](O)COP(=O)(O)OC[C@@H](COC(=O)CCCCCCCCCCCCC)OC(=O)CCCCCCCCCCCCCC. The van der Waals surface area contributed by atoms with Crippen molar-refractivity contribution in [3.8, 4) is 0 Å². The van der Waals surface area contributed by atoms with E-state index in [4.69, 9.17) is 37.0 Å². The second kappa shape index (κ2) is 77.2. The number of esters is 4. The molecule has 17 nitrogen and oxygen atoms in total. The predicted molar refractivity (Wildman–Crippen MR) is 419 cm³/mol. The molecule has 606 valence electrons. The zero-order chi connectivity index (χ0) is 74.6. The number of phosphoric ester groups is 2. The Bertz CT molecular complexity index is 1930. The summed E-state index contributed by atoms with van der Waals surface area (Å²) in [6, 6.07) is 0. The summed E-state index contributed by atoms with van der Waals surface area (Å²) >= 11 is 0. The Balaban J connectivity index is 5.21. The number of hydrogen-bond donors (Lipinski definition) is 3. The number of unbranched alkanes of at least 4 members (excludes halogenated alkanes) is 58. The van der Waals surface area contributed by atoms with Crippen LogP contribution in [0.3, 0.4) is 0 Å². The van der Waals surface area contributed by atoms with Crippen molar-refractivity contribution in [1.29, 1.82) is 0 Å². The molecule has 19 heteroatoms. The fourth-order valence-corrected chi connectivity index (χ4v) is 14.6. The standard InChI is InChI=1S/C83H162O17P2/c1-5-9-13-17-21-25-29-32-34-36-38-39-40-42-44-46-50-54-58-62-66-70-83(88)100-79(74-94-81(86)68-64-60-56-52-49-45-43-41-37-35-33-30-26-22-18-14-10-6-2)76-98-102(91,92)96-72-77(84)71-95-101(89,90)97-75-78(73-93-80(85)67-63-59-55-51-47-28-24-20-16-12-8-4)99-82(87)69-65-61-57-53-48-31-27-23-19-15-11-7-3/h77-79,84H,5-76H2,1-4H3,(H,89,90)(H,91,92)/t77-,78+,79+/m0/s1. The van der Waals surface area contributed by atoms with Gasteiger partial charge in [0.1, 0.15) is 19.3 Å². The summed E-state index contributed by atoms with van der Waals surface area (Å²) in [5.41, 5.74) is 0. The number of aliphatic hydroxyl groups is 1. The van der Waals surface area contributed by atoms with Gasteiger partial charge in [0.25, 0.3) is 0 Å². The lowest BCUT2D eigenvalue weighted by Crippen LogP contribution is -2.30. The van der Waals surface area contributed by atoms with Gasteiger partial charge in [-0.3, -0.25) is 37.3 Å². The fraction of sp³-hybridized carbons (Fsp3) is 0.952. The molecule has 3 N–H and O–H groups in total. The van der Waals surface area contributed by atoms with Gasteiger partial charge in [-0.25, -0.2) is 9.13 Å². The summed E-state index contributed by atoms with van der Waals surface area (Å²) in [6.45, 7) is 5.03. The third kappa shape index (κ3) is 76.3. The Labute approximate surface area is 626 Å². The Kier molecular flexibility index (Phi) is 75.8. The van der Waals surface area contributed by atoms with Crippen molar-refractivity contribution in [3.63, 3.8) is 0 Å². The lowest BCUT2D eigenvalue weighted by atomic mass is 10.0. The number of carbonyl (C=O) groups excluding carboxylic acids is 4. The number of hydrogen-bond acceptors (Lipinski definition) is 15. The minimum atomic E-state index is -4.96. The van der Waals surface area contributed by atoms with E-state index in [1.807, 2.05) is 0 Å². The number of rotatable bonds is 84. The maximum absolute atomic E-state index is 13.1. The molecular formula is C83H162O17P2. The monoisotopic (exact) mass is 1490 g/mol. The average molecular weight is 1490 g/mol. The normalized spacial score (nSPS) is 13.8. The molecule has 0 amide bonds. The van der Waals surface area contributed by atoms with Crippen LogP contribution >= 0.6 is 15.6 Å². The summed E-state index contributed by atoms with van der Waals surface area (Å²) in [6.07, 6.45) is 70.8. The molecule has 0 aliphatic rings. The van der Waals surface area contributed by atoms with Gasteiger partial charge in [0.05, 0.1) is 26.4 Å². The molecule has 0 radical (unpaired) electrons. The van der Waals surface area contributed by atoms with Crippen molar-refractivity contribution in [2.45, 2.75) is 470 Å². The van der Waals surface area contributed by atoms with Gasteiger partial charge >= 0.3 is 39.5 Å². The van der Waals surface area contributed by atoms with Crippen LogP contribution in [0.4, 0.5) is 0 Å². The average Bonchev–Trinajstić information content (AvgIpc) is 0.916. The molecule has 5 atom stereocenters. The van der Waals surface area contributed by atoms with Gasteiger partial charge in [-0.2, -0.15) is 0 Å². The molecule has 0 rings (SSSR count). The highest BCUT2D eigenvalue weighted by atomic mass is 31.2. The maximum atomic E-state index is 13.1. The second-order valence-electron chi connectivity index (χ2n) is 29.9. The summed E-state index contributed by atoms with van der Waals surface area (Å²) in [4.78, 5) is 73.1. The zero-order valence-corrected chi connectivity index (χ0v) is 68.4. The first-order valence-electron chi connectivity index (χ1n) is 43.3. The van der Waals surface area contributed by atoms with Crippen molar-refractivity contribution in [2.24, 2.45) is 0 Å². The van der Waals surface area contributed by atoms with E-state index in [9.17, 15) is 43.2 Å². The maximum Gasteiger partial charge on any atom is 0.472 e. The quantitative estimate of drug-likeness (QED) is 0.0222. The van der Waals surface area contributed by atoms with E-state index in [1.54, 1.807) is 0 Å². The molecule has 2 unspecified atom stereocenters. The van der Waals surface area contributed by atoms with Gasteiger partial charge in [-0.05, 0) is 25.7 Å². The molecule has 0 aliphatic heterocycles. The molecule has 0 saturated heterocycles. The Morgan fingerprint density at radius 2 is 0.392 bits per heavy atom. The molecule has 0 spiro atoms. The third-order valence-corrected chi connectivity index (χ3v) is 21.5. The van der Waals surface area contributed by atoms with Gasteiger partial charge in [-0.15, -0.1) is 0 Å². The number of ether oxygens (including phenoxy) is 4. The lowest BCUT2D eigenvalue weighted by Gasteiger charge is -2.21. The van der Waals surface area contributed by atoms with E-state index in [-0.39, 0.29) is 25.7 Å². The molecule has 102 heavy (non-hydrogen) atoms. The van der Waals surface area contributed by atoms with Crippen molar-refractivity contribution >= 4 is 39.5 Å². The van der Waals surface area contributed by atoms with Crippen LogP contribution in [-0.2, 0) is 65.4 Å². The van der Waals surface area contributed by atoms with Crippen molar-refractivity contribution in [1.82, 2.24) is 0 Å². The Hall–Kier alpha value is -1.94. The highest BCUT2D eigenvalue weighted by Gasteiger charge is 2.30. The fourth-order valence-electron chi connectivity index (χ4n) is 13.0. The lowest BCUT2D eigenvalue weighted by molar-refractivity contribution is -0.161. The summed E-state index contributed by atoms with van der Waals surface area (Å²) in [5.74, 6) is -2.10. The van der Waals surface area contributed by atoms with Crippen LogP contribution in [0.25, 0.3) is 0 Å². The van der Waals surface area contributed by atoms with Gasteiger partial charge < -0.3 is 33.8 Å². The molecule has 0 heterocycles. The van der Waals surface area contributed by atoms with Gasteiger partial charge in [0.15, 0.2) is 12.2 Å². The molecule has 0 aliphatic carbocycles. The van der Waals surface area contributed by atoms with Crippen LogP contribution < -0.4 is 0 Å². The molecule has 0 fully saturated rings. The van der Waals surface area contributed by atoms with Crippen LogP contribution in [0.1, 0.15) is 451 Å². The number of carbonyl (C=O) groups is 4. The van der Waals surface area contributed by atoms with Crippen LogP contribution in [-0.4, -0.2) is 96.7 Å². The number of aliphatic hydroxyl groups excluding tert-OH is 1. The minimum absolute atomic E-state index is 0.108. The van der Waals surface area contributed by atoms with E-state index >= 15 is 0 Å². The molecule has 0 saturated carbocycles. The summed E-state index contributed by atoms with van der Waals surface area (Å²) < 4.78 is 68.8. The molecular weight excluding hydrogens is 1330 g/mol. The van der Waals surface area contributed by atoms with Gasteiger partial charge in [0, 0.05) is 25.7 Å². The third-order valence-electron chi connectivity index (χ3n) is 19.6. The van der Waals surface area contributed by atoms with Crippen molar-refractivity contribution in [2.75, 3.05) is 39.6 Å². The van der Waals surface area contributed by atoms with Gasteiger partial charge in [0.2, 0.25) is 0 Å². The summed E-state index contributed by atoms with van der Waals surface area (Å²) in [7, 11) is -9.92. The topological polar surface area (TPSA) is 237 Å². The first kappa shape index (κ1) is 100. The van der Waals surface area contributed by atoms with E-state index in [2.05, 4.69) is 27.7 Å². The van der Waals surface area contributed by atoms with Crippen LogP contribution in [0.15, 0.2) is 0 Å². The van der Waals surface area contributed by atoms with E-state index in [0.717, 1.165) is 89.9 Å². The van der Waals surface area contributed by atoms with Crippen molar-refractivity contribution in [3.05, 3.63) is 0 Å². The van der Waals surface area contributed by atoms with Gasteiger partial charge in [-0.1, -0.05) is 400 Å². The zero-order valence-electron chi connectivity index (χ0n) is 66.6. The van der Waals surface area contributed by atoms with Crippen LogP contribution in [0.2, 0.25) is 0 Å². The highest BCUT2D eigenvalue weighted by Crippen LogP contribution is 2.45. The van der Waals surface area contributed by atoms with E-state index in [1.165, 1.54) is 283 Å². The Morgan fingerprint density at radius 3 is 0.578 bits per heavy atom. The van der Waals surface area contributed by atoms with E-state index in [0.29, 0.717) is 25.7 Å². The molecule has 0 bridgehead atoms. The predicted octanol–water partition coefficient (Wildman–Crippen LogP) is 25.4. The minimum Gasteiger partial charge on any atom is -0.462 e. The highest BCUT2D eigenvalue weighted by molar-refractivity contribution is 7.47. The largest absolute Gasteiger partial charge is 0.472 e. The number of phosphoric acid groups is 2. The van der Waals surface area contributed by atoms with Crippen LogP contribution in [0, 0.1) is 0 Å². The first-order chi connectivity index (χ1) is 49.7. The van der Waals surface area contributed by atoms with Crippen LogP contribution in [0.5, 0.6) is 0 Å².